The largest absolute Gasteiger partial charge is 0.337 e. The van der Waals surface area contributed by atoms with Crippen LogP contribution in [0.2, 0.25) is 5.02 Å². The van der Waals surface area contributed by atoms with Crippen molar-refractivity contribution in [1.82, 2.24) is 20.2 Å². The first-order valence-corrected chi connectivity index (χ1v) is 7.04. The highest BCUT2D eigenvalue weighted by molar-refractivity contribution is 6.33. The van der Waals surface area contributed by atoms with Crippen LogP contribution in [0.15, 0.2) is 12.5 Å². The Kier molecular flexibility index (Phi) is 4.83. The molecule has 2 saturated heterocycles. The van der Waals surface area contributed by atoms with Crippen LogP contribution >= 0.6 is 24.0 Å². The monoisotopic (exact) mass is 316 g/mol. The Hall–Kier alpha value is -0.910. The minimum atomic E-state index is -0.0757. The van der Waals surface area contributed by atoms with Crippen LogP contribution in [-0.2, 0) is 0 Å². The molecule has 0 atom stereocenters. The number of hydrogen-bond acceptors (Lipinski definition) is 4. The van der Waals surface area contributed by atoms with E-state index in [9.17, 15) is 4.79 Å². The molecule has 1 aromatic heterocycles. The van der Waals surface area contributed by atoms with E-state index in [-0.39, 0.29) is 18.3 Å². The van der Waals surface area contributed by atoms with Gasteiger partial charge in [0.2, 0.25) is 0 Å². The second kappa shape index (κ2) is 6.24. The molecular weight excluding hydrogens is 299 g/mol. The third kappa shape index (κ3) is 2.90. The zero-order valence-corrected chi connectivity index (χ0v) is 12.7. The summed E-state index contributed by atoms with van der Waals surface area (Å²) >= 11 is 5.98. The van der Waals surface area contributed by atoms with Crippen LogP contribution in [0, 0.1) is 5.41 Å². The lowest BCUT2D eigenvalue weighted by Gasteiger charge is -2.38. The molecule has 20 heavy (non-hydrogen) atoms. The van der Waals surface area contributed by atoms with Crippen LogP contribution in [0.5, 0.6) is 0 Å². The first-order valence-electron chi connectivity index (χ1n) is 6.66. The Labute approximate surface area is 129 Å². The summed E-state index contributed by atoms with van der Waals surface area (Å²) in [7, 11) is 0. The van der Waals surface area contributed by atoms with Gasteiger partial charge in [0.25, 0.3) is 5.91 Å². The maximum absolute atomic E-state index is 12.4. The number of nitrogens with zero attached hydrogens (tertiary/aromatic N) is 3. The molecule has 2 aliphatic heterocycles. The van der Waals surface area contributed by atoms with Crippen LogP contribution in [0.25, 0.3) is 0 Å². The summed E-state index contributed by atoms with van der Waals surface area (Å²) in [6.45, 7) is 3.77. The molecule has 2 aliphatic rings. The fraction of sp³-hybridized carbons (Fsp3) is 0.615. The van der Waals surface area contributed by atoms with Gasteiger partial charge in [-0.2, -0.15) is 0 Å². The SMILES string of the molecule is Cl.O=C(c1ncncc1Cl)N1CCC2(CCNC2)CC1. The van der Waals surface area contributed by atoms with Gasteiger partial charge in [-0.25, -0.2) is 9.97 Å². The summed E-state index contributed by atoms with van der Waals surface area (Å²) in [5.41, 5.74) is 0.726. The van der Waals surface area contributed by atoms with Crippen molar-refractivity contribution in [2.24, 2.45) is 5.41 Å². The molecule has 2 fully saturated rings. The van der Waals surface area contributed by atoms with E-state index < -0.39 is 0 Å². The zero-order chi connectivity index (χ0) is 13.3. The quantitative estimate of drug-likeness (QED) is 0.858. The van der Waals surface area contributed by atoms with Gasteiger partial charge in [-0.15, -0.1) is 12.4 Å². The normalized spacial score (nSPS) is 20.8. The number of hydrogen-bond donors (Lipinski definition) is 1. The molecule has 1 amide bonds. The van der Waals surface area contributed by atoms with Crippen LogP contribution in [0.4, 0.5) is 0 Å². The van der Waals surface area contributed by atoms with Crippen molar-refractivity contribution in [3.63, 3.8) is 0 Å². The number of piperidine rings is 1. The molecule has 0 bridgehead atoms. The standard InChI is InChI=1S/C13H17ClN4O.ClH/c14-10-7-16-9-17-11(10)12(19)18-5-2-13(3-6-18)1-4-15-8-13;/h7,9,15H,1-6,8H2;1H. The number of halogens is 2. The maximum atomic E-state index is 12.4. The zero-order valence-electron chi connectivity index (χ0n) is 11.1. The number of rotatable bonds is 1. The average molecular weight is 317 g/mol. The second-order valence-corrected chi connectivity index (χ2v) is 5.85. The van der Waals surface area contributed by atoms with Crippen molar-refractivity contribution in [3.8, 4) is 0 Å². The van der Waals surface area contributed by atoms with E-state index in [2.05, 4.69) is 15.3 Å². The van der Waals surface area contributed by atoms with E-state index in [4.69, 9.17) is 11.6 Å². The number of aromatic nitrogens is 2. The highest BCUT2D eigenvalue weighted by Crippen LogP contribution is 2.37. The maximum Gasteiger partial charge on any atom is 0.274 e. The topological polar surface area (TPSA) is 58.1 Å². The Bertz CT molecular complexity index is 481. The molecule has 3 heterocycles. The van der Waals surface area contributed by atoms with Crippen molar-refractivity contribution in [3.05, 3.63) is 23.2 Å². The molecule has 1 spiro atoms. The smallest absolute Gasteiger partial charge is 0.274 e. The molecule has 5 nitrogen and oxygen atoms in total. The summed E-state index contributed by atoms with van der Waals surface area (Å²) < 4.78 is 0. The predicted octanol–water partition coefficient (Wildman–Crippen LogP) is 1.77. The summed E-state index contributed by atoms with van der Waals surface area (Å²) in [5, 5.41) is 3.75. The van der Waals surface area contributed by atoms with E-state index >= 15 is 0 Å². The van der Waals surface area contributed by atoms with Crippen molar-refractivity contribution < 1.29 is 4.79 Å². The van der Waals surface area contributed by atoms with Gasteiger partial charge in [0.1, 0.15) is 12.0 Å². The lowest BCUT2D eigenvalue weighted by Crippen LogP contribution is -2.44. The third-order valence-electron chi connectivity index (χ3n) is 4.31. The van der Waals surface area contributed by atoms with Crippen molar-refractivity contribution in [2.45, 2.75) is 19.3 Å². The van der Waals surface area contributed by atoms with Gasteiger partial charge in [0.15, 0.2) is 0 Å². The molecule has 3 rings (SSSR count). The molecular formula is C13H18Cl2N4O. The number of carbonyl (C=O) groups excluding carboxylic acids is 1. The lowest BCUT2D eigenvalue weighted by atomic mass is 9.78. The molecule has 0 aliphatic carbocycles. The van der Waals surface area contributed by atoms with Gasteiger partial charge >= 0.3 is 0 Å². The Morgan fingerprint density at radius 2 is 2.10 bits per heavy atom. The minimum absolute atomic E-state index is 0. The minimum Gasteiger partial charge on any atom is -0.337 e. The average Bonchev–Trinajstić information content (AvgIpc) is 2.88. The van der Waals surface area contributed by atoms with Crippen molar-refractivity contribution in [1.29, 1.82) is 0 Å². The molecule has 1 N–H and O–H groups in total. The van der Waals surface area contributed by atoms with Gasteiger partial charge in [0.05, 0.1) is 5.02 Å². The van der Waals surface area contributed by atoms with E-state index in [0.29, 0.717) is 16.1 Å². The summed E-state index contributed by atoms with van der Waals surface area (Å²) in [6.07, 6.45) is 6.19. The molecule has 0 unspecified atom stereocenters. The van der Waals surface area contributed by atoms with Crippen LogP contribution in [0.1, 0.15) is 29.8 Å². The fourth-order valence-electron chi connectivity index (χ4n) is 3.03. The number of likely N-dealkylation sites (tertiary alicyclic amines) is 1. The van der Waals surface area contributed by atoms with Gasteiger partial charge in [0, 0.05) is 25.8 Å². The number of amides is 1. The molecule has 0 radical (unpaired) electrons. The van der Waals surface area contributed by atoms with Crippen LogP contribution in [-0.4, -0.2) is 47.0 Å². The number of nitrogens with one attached hydrogen (secondary N) is 1. The van der Waals surface area contributed by atoms with Crippen LogP contribution < -0.4 is 5.32 Å². The highest BCUT2D eigenvalue weighted by Gasteiger charge is 2.38. The van der Waals surface area contributed by atoms with Crippen molar-refractivity contribution >= 4 is 29.9 Å². The summed E-state index contributed by atoms with van der Waals surface area (Å²) in [6, 6.07) is 0. The predicted molar refractivity (Wildman–Crippen MR) is 79.3 cm³/mol. The molecule has 0 aromatic carbocycles. The first kappa shape index (κ1) is 15.5. The van der Waals surface area contributed by atoms with Gasteiger partial charge < -0.3 is 10.2 Å². The summed E-state index contributed by atoms with van der Waals surface area (Å²) in [5.74, 6) is -0.0757. The van der Waals surface area contributed by atoms with E-state index in [1.807, 2.05) is 4.90 Å². The first-order chi connectivity index (χ1) is 9.20. The van der Waals surface area contributed by atoms with E-state index in [1.54, 1.807) is 0 Å². The Balaban J connectivity index is 0.00000147. The van der Waals surface area contributed by atoms with E-state index in [0.717, 1.165) is 39.0 Å². The Morgan fingerprint density at radius 3 is 2.70 bits per heavy atom. The lowest BCUT2D eigenvalue weighted by molar-refractivity contribution is 0.0602. The second-order valence-electron chi connectivity index (χ2n) is 5.44. The van der Waals surface area contributed by atoms with E-state index in [1.165, 1.54) is 18.9 Å². The Morgan fingerprint density at radius 1 is 1.35 bits per heavy atom. The van der Waals surface area contributed by atoms with Crippen LogP contribution in [0.3, 0.4) is 0 Å². The summed E-state index contributed by atoms with van der Waals surface area (Å²) in [4.78, 5) is 22.0. The van der Waals surface area contributed by atoms with Gasteiger partial charge in [-0.3, -0.25) is 4.79 Å². The molecule has 1 aromatic rings. The van der Waals surface area contributed by atoms with Gasteiger partial charge in [-0.1, -0.05) is 11.6 Å². The van der Waals surface area contributed by atoms with Gasteiger partial charge in [-0.05, 0) is 31.2 Å². The fourth-order valence-corrected chi connectivity index (χ4v) is 3.21. The molecule has 7 heteroatoms. The third-order valence-corrected chi connectivity index (χ3v) is 4.59. The van der Waals surface area contributed by atoms with Crippen molar-refractivity contribution in [2.75, 3.05) is 26.2 Å². The number of carbonyl (C=O) groups is 1. The molecule has 110 valence electrons. The molecule has 0 saturated carbocycles. The highest BCUT2D eigenvalue weighted by atomic mass is 35.5.